The number of hydrogen-bond acceptors (Lipinski definition) is 0. The molecule has 0 atom stereocenters. The van der Waals surface area contributed by atoms with E-state index in [-0.39, 0.29) is 0 Å². The third-order valence-electron chi connectivity index (χ3n) is 1.11. The predicted octanol–water partition coefficient (Wildman–Crippen LogP) is 1.79. The summed E-state index contributed by atoms with van der Waals surface area (Å²) in [6, 6.07) is 2.69. The number of rotatable bonds is 1. The van der Waals surface area contributed by atoms with Crippen LogP contribution in [0.2, 0.25) is 0 Å². The fourth-order valence-corrected chi connectivity index (χ4v) is 0.530. The Hall–Kier alpha value is -0.590. The fraction of sp³-hybridized carbons (Fsp3) is 0.500. The van der Waals surface area contributed by atoms with Crippen LogP contribution in [0.15, 0.2) is 18.5 Å². The predicted molar refractivity (Wildman–Crippen MR) is 30.4 cm³/mol. The Balaban J connectivity index is 2.54. The molecule has 40 valence electrons. The lowest BCUT2D eigenvalue weighted by Gasteiger charge is -2.18. The van der Waals surface area contributed by atoms with E-state index in [0.717, 1.165) is 0 Å². The van der Waals surface area contributed by atoms with Crippen LogP contribution in [-0.4, -0.2) is 4.57 Å². The molecule has 0 amide bonds. The van der Waals surface area contributed by atoms with Crippen molar-refractivity contribution in [2.45, 2.75) is 19.9 Å². The molecular formula is C6H10N-. The van der Waals surface area contributed by atoms with Gasteiger partial charge >= 0.3 is 0 Å². The van der Waals surface area contributed by atoms with Crippen molar-refractivity contribution in [1.29, 1.82) is 0 Å². The lowest BCUT2D eigenvalue weighted by Crippen LogP contribution is -2.01. The number of hydrogen-bond donors (Lipinski definition) is 0. The van der Waals surface area contributed by atoms with Crippen LogP contribution in [-0.2, 0) is 0 Å². The van der Waals surface area contributed by atoms with E-state index in [1.165, 1.54) is 0 Å². The molecule has 0 saturated heterocycles. The molecule has 0 aliphatic carbocycles. The average molecular weight is 96.2 g/mol. The Bertz CT molecular complexity index is 116. The van der Waals surface area contributed by atoms with Crippen molar-refractivity contribution in [2.24, 2.45) is 0 Å². The molecule has 1 aromatic rings. The maximum atomic E-state index is 2.17. The molecule has 0 aromatic carbocycles. The molecule has 0 fully saturated rings. The smallest absolute Gasteiger partial charge is 0.00457 e. The van der Waals surface area contributed by atoms with E-state index < -0.39 is 0 Å². The van der Waals surface area contributed by atoms with E-state index in [2.05, 4.69) is 30.8 Å². The van der Waals surface area contributed by atoms with Crippen molar-refractivity contribution in [3.05, 3.63) is 18.5 Å². The lowest BCUT2D eigenvalue weighted by molar-refractivity contribution is 0.581. The van der Waals surface area contributed by atoms with E-state index in [1.807, 2.05) is 6.07 Å². The van der Waals surface area contributed by atoms with Gasteiger partial charge in [0.2, 0.25) is 0 Å². The zero-order valence-corrected chi connectivity index (χ0v) is 4.76. The van der Waals surface area contributed by atoms with Gasteiger partial charge in [-0.3, -0.25) is 0 Å². The summed E-state index contributed by atoms with van der Waals surface area (Å²) < 4.78 is 2.17. The highest BCUT2D eigenvalue weighted by atomic mass is 15.0. The lowest BCUT2D eigenvalue weighted by atomic mass is 10.3. The molecule has 0 bridgehead atoms. The first-order chi connectivity index (χ1) is 3.30. The van der Waals surface area contributed by atoms with Crippen LogP contribution in [0.4, 0.5) is 0 Å². The molecule has 0 saturated carbocycles. The van der Waals surface area contributed by atoms with Gasteiger partial charge in [-0.2, -0.15) is 0 Å². The molecule has 0 unspecified atom stereocenters. The van der Waals surface area contributed by atoms with E-state index in [9.17, 15) is 0 Å². The fourth-order valence-electron chi connectivity index (χ4n) is 0.530. The Morgan fingerprint density at radius 1 is 1.57 bits per heavy atom. The second-order valence-corrected chi connectivity index (χ2v) is 2.03. The first-order valence-corrected chi connectivity index (χ1v) is 2.60. The molecule has 0 spiro atoms. The van der Waals surface area contributed by atoms with Crippen LogP contribution < -0.4 is 0 Å². The van der Waals surface area contributed by atoms with Crippen LogP contribution in [0.3, 0.4) is 0 Å². The molecule has 1 aromatic heterocycles. The monoisotopic (exact) mass is 96.1 g/mol. The van der Waals surface area contributed by atoms with Crippen LogP contribution in [0.1, 0.15) is 19.9 Å². The molecule has 1 heterocycles. The van der Waals surface area contributed by atoms with Gasteiger partial charge in [-0.1, -0.05) is 0 Å². The van der Waals surface area contributed by atoms with E-state index in [4.69, 9.17) is 0 Å². The van der Waals surface area contributed by atoms with Crippen molar-refractivity contribution < 1.29 is 0 Å². The maximum Gasteiger partial charge on any atom is 0.00457 e. The van der Waals surface area contributed by atoms with Crippen LogP contribution in [0.25, 0.3) is 0 Å². The topological polar surface area (TPSA) is 4.93 Å². The largest absolute Gasteiger partial charge is 0.456 e. The number of aromatic nitrogens is 1. The van der Waals surface area contributed by atoms with Gasteiger partial charge in [0, 0.05) is 6.04 Å². The highest BCUT2D eigenvalue weighted by molar-refractivity contribution is 4.89. The minimum Gasteiger partial charge on any atom is -0.456 e. The molecule has 0 N–H and O–H groups in total. The minimum atomic E-state index is 0.644. The third-order valence-corrected chi connectivity index (χ3v) is 1.11. The second kappa shape index (κ2) is 1.49. The highest BCUT2D eigenvalue weighted by Gasteiger charge is 1.85. The van der Waals surface area contributed by atoms with Gasteiger partial charge in [-0.25, -0.2) is 0 Å². The van der Waals surface area contributed by atoms with Crippen LogP contribution >= 0.6 is 0 Å². The van der Waals surface area contributed by atoms with Gasteiger partial charge in [-0.05, 0) is 13.8 Å². The average Bonchev–Trinajstić information content (AvgIpc) is 1.23. The Labute approximate surface area is 43.9 Å². The Morgan fingerprint density at radius 3 is 2.14 bits per heavy atom. The van der Waals surface area contributed by atoms with Crippen molar-refractivity contribution in [3.63, 3.8) is 0 Å². The van der Waals surface area contributed by atoms with Crippen LogP contribution in [0, 0.1) is 0 Å². The van der Waals surface area contributed by atoms with Gasteiger partial charge in [0.15, 0.2) is 0 Å². The summed E-state index contributed by atoms with van der Waals surface area (Å²) in [5.74, 6) is 0. The summed E-state index contributed by atoms with van der Waals surface area (Å²) in [6.07, 6.45) is 4.15. The Kier molecular flexibility index (Phi) is 0.970. The van der Waals surface area contributed by atoms with E-state index in [1.54, 1.807) is 0 Å². The summed E-state index contributed by atoms with van der Waals surface area (Å²) >= 11 is 0. The van der Waals surface area contributed by atoms with Gasteiger partial charge in [-0.15, -0.1) is 18.5 Å². The normalized spacial score (nSPS) is 10.7. The van der Waals surface area contributed by atoms with Crippen molar-refractivity contribution in [2.75, 3.05) is 0 Å². The standard InChI is InChI=1S/C6H10N/c1-6(2)7-4-3-5-7/h3-6H,1-2H3/q-1. The first-order valence-electron chi connectivity index (χ1n) is 2.60. The van der Waals surface area contributed by atoms with Gasteiger partial charge < -0.3 is 4.57 Å². The molecule has 0 aliphatic heterocycles. The highest BCUT2D eigenvalue weighted by Crippen LogP contribution is 2.03. The minimum absolute atomic E-state index is 0.644. The van der Waals surface area contributed by atoms with Crippen LogP contribution in [0.5, 0.6) is 0 Å². The van der Waals surface area contributed by atoms with Gasteiger partial charge in [0.05, 0.1) is 0 Å². The van der Waals surface area contributed by atoms with Crippen molar-refractivity contribution in [1.82, 2.24) is 4.57 Å². The molecule has 7 heavy (non-hydrogen) atoms. The molecule has 1 rings (SSSR count). The van der Waals surface area contributed by atoms with E-state index in [0.29, 0.717) is 6.04 Å². The summed E-state index contributed by atoms with van der Waals surface area (Å²) in [5, 5.41) is 0. The molecule has 1 heteroatoms. The quantitative estimate of drug-likeness (QED) is 0.470. The SMILES string of the molecule is CC(C)n1cc[cH-]1. The van der Waals surface area contributed by atoms with Gasteiger partial charge in [0.1, 0.15) is 0 Å². The Morgan fingerprint density at radius 2 is 2.14 bits per heavy atom. The van der Waals surface area contributed by atoms with Gasteiger partial charge in [0.25, 0.3) is 0 Å². The molecule has 0 radical (unpaired) electrons. The summed E-state index contributed by atoms with van der Waals surface area (Å²) in [4.78, 5) is 0. The zero-order chi connectivity index (χ0) is 5.28. The molecular weight excluding hydrogens is 86.1 g/mol. The maximum absolute atomic E-state index is 2.17. The summed E-state index contributed by atoms with van der Waals surface area (Å²) in [7, 11) is 0. The number of nitrogens with zero attached hydrogens (tertiary/aromatic N) is 1. The van der Waals surface area contributed by atoms with E-state index >= 15 is 0 Å². The van der Waals surface area contributed by atoms with Crippen molar-refractivity contribution in [3.8, 4) is 0 Å². The third kappa shape index (κ3) is 0.710. The first kappa shape index (κ1) is 4.57. The second-order valence-electron chi connectivity index (χ2n) is 2.03. The molecule has 0 aliphatic rings. The van der Waals surface area contributed by atoms with Crippen molar-refractivity contribution >= 4 is 0 Å². The molecule has 1 nitrogen and oxygen atoms in total. The summed E-state index contributed by atoms with van der Waals surface area (Å²) in [6.45, 7) is 4.33. The zero-order valence-electron chi connectivity index (χ0n) is 4.76. The summed E-state index contributed by atoms with van der Waals surface area (Å²) in [5.41, 5.74) is 0.